The van der Waals surface area contributed by atoms with Crippen molar-refractivity contribution in [2.75, 3.05) is 5.32 Å². The average Bonchev–Trinajstić information content (AvgIpc) is 2.77. The maximum absolute atomic E-state index is 12.9. The molecular formula is C10H7ClFN3O. The Morgan fingerprint density at radius 3 is 2.94 bits per heavy atom. The van der Waals surface area contributed by atoms with Crippen LogP contribution in [0.1, 0.15) is 5.69 Å². The molecule has 0 radical (unpaired) electrons. The molecule has 0 aliphatic heterocycles. The Bertz CT molecular complexity index is 513. The van der Waals surface area contributed by atoms with Crippen LogP contribution < -0.4 is 5.32 Å². The van der Waals surface area contributed by atoms with Gasteiger partial charge in [-0.05, 0) is 18.2 Å². The number of hydrogen-bond donors (Lipinski definition) is 2. The number of oxazole rings is 1. The number of hydrogen-bond acceptors (Lipinski definition) is 3. The first kappa shape index (κ1) is 10.6. The van der Waals surface area contributed by atoms with E-state index in [9.17, 15) is 4.39 Å². The number of amidine groups is 1. The normalized spacial score (nSPS) is 10.1. The second-order valence-corrected chi connectivity index (χ2v) is 3.41. The smallest absolute Gasteiger partial charge is 0.181 e. The Hall–Kier alpha value is -1.88. The van der Waals surface area contributed by atoms with Crippen LogP contribution in [0.25, 0.3) is 0 Å². The van der Waals surface area contributed by atoms with E-state index in [1.807, 2.05) is 0 Å². The van der Waals surface area contributed by atoms with Gasteiger partial charge < -0.3 is 9.73 Å². The Balaban J connectivity index is 2.15. The molecule has 0 saturated heterocycles. The minimum Gasteiger partial charge on any atom is -0.451 e. The molecule has 1 aromatic carbocycles. The topological polar surface area (TPSA) is 61.9 Å². The Kier molecular flexibility index (Phi) is 2.87. The molecule has 0 saturated carbocycles. The van der Waals surface area contributed by atoms with E-state index in [-0.39, 0.29) is 10.9 Å². The van der Waals surface area contributed by atoms with Gasteiger partial charge in [0.15, 0.2) is 12.2 Å². The lowest BCUT2D eigenvalue weighted by atomic mass is 10.3. The van der Waals surface area contributed by atoms with Crippen LogP contribution in [-0.2, 0) is 0 Å². The second kappa shape index (κ2) is 4.32. The number of nitrogens with zero attached hydrogens (tertiary/aromatic N) is 1. The molecule has 0 spiro atoms. The van der Waals surface area contributed by atoms with Gasteiger partial charge in [0.1, 0.15) is 17.8 Å². The summed E-state index contributed by atoms with van der Waals surface area (Å²) in [6, 6.07) is 4.10. The average molecular weight is 240 g/mol. The van der Waals surface area contributed by atoms with Gasteiger partial charge in [0.05, 0.1) is 5.02 Å². The van der Waals surface area contributed by atoms with Crippen LogP contribution in [0.2, 0.25) is 5.02 Å². The van der Waals surface area contributed by atoms with Crippen LogP contribution in [0.15, 0.2) is 35.3 Å². The number of aromatic nitrogens is 1. The number of benzene rings is 1. The molecular weight excluding hydrogens is 233 g/mol. The molecule has 1 heterocycles. The first-order valence-corrected chi connectivity index (χ1v) is 4.74. The van der Waals surface area contributed by atoms with Crippen molar-refractivity contribution in [3.63, 3.8) is 0 Å². The fourth-order valence-electron chi connectivity index (χ4n) is 1.12. The van der Waals surface area contributed by atoms with E-state index in [4.69, 9.17) is 21.4 Å². The highest BCUT2D eigenvalue weighted by Gasteiger charge is 2.06. The second-order valence-electron chi connectivity index (χ2n) is 3.00. The third-order valence-electron chi connectivity index (χ3n) is 1.88. The van der Waals surface area contributed by atoms with Gasteiger partial charge in [-0.15, -0.1) is 0 Å². The van der Waals surface area contributed by atoms with E-state index < -0.39 is 5.82 Å². The van der Waals surface area contributed by atoms with Crippen molar-refractivity contribution in [2.24, 2.45) is 0 Å². The summed E-state index contributed by atoms with van der Waals surface area (Å²) in [5.74, 6) is -0.448. The van der Waals surface area contributed by atoms with Crippen LogP contribution in [-0.4, -0.2) is 10.8 Å². The predicted molar refractivity (Wildman–Crippen MR) is 58.4 cm³/mol. The minimum atomic E-state index is -0.500. The molecule has 0 amide bonds. The molecule has 16 heavy (non-hydrogen) atoms. The largest absolute Gasteiger partial charge is 0.451 e. The molecule has 0 atom stereocenters. The molecule has 82 valence electrons. The van der Waals surface area contributed by atoms with Crippen LogP contribution in [0.5, 0.6) is 0 Å². The first-order valence-electron chi connectivity index (χ1n) is 4.36. The molecule has 0 unspecified atom stereocenters. The predicted octanol–water partition coefficient (Wildman–Crippen LogP) is 2.90. The molecule has 2 aromatic rings. The highest BCUT2D eigenvalue weighted by Crippen LogP contribution is 2.19. The monoisotopic (exact) mass is 239 g/mol. The molecule has 0 fully saturated rings. The summed E-state index contributed by atoms with van der Waals surface area (Å²) in [4.78, 5) is 3.79. The minimum absolute atomic E-state index is 0.00190. The van der Waals surface area contributed by atoms with Gasteiger partial charge in [-0.1, -0.05) is 11.6 Å². The molecule has 4 nitrogen and oxygen atoms in total. The highest BCUT2D eigenvalue weighted by atomic mass is 35.5. The van der Waals surface area contributed by atoms with E-state index in [0.717, 1.165) is 0 Å². The van der Waals surface area contributed by atoms with Gasteiger partial charge in [0, 0.05) is 5.69 Å². The van der Waals surface area contributed by atoms with E-state index >= 15 is 0 Å². The van der Waals surface area contributed by atoms with Gasteiger partial charge in [-0.25, -0.2) is 9.37 Å². The number of anilines is 1. The fourth-order valence-corrected chi connectivity index (χ4v) is 1.30. The lowest BCUT2D eigenvalue weighted by Gasteiger charge is -2.05. The summed E-state index contributed by atoms with van der Waals surface area (Å²) in [5.41, 5.74) is 0.875. The molecule has 1 aromatic heterocycles. The first-order chi connectivity index (χ1) is 7.66. The maximum atomic E-state index is 12.9. The van der Waals surface area contributed by atoms with Gasteiger partial charge in [-0.3, -0.25) is 5.41 Å². The molecule has 2 rings (SSSR count). The van der Waals surface area contributed by atoms with Crippen LogP contribution in [0.4, 0.5) is 10.1 Å². The third kappa shape index (κ3) is 2.20. The molecule has 0 aliphatic carbocycles. The third-order valence-corrected chi connectivity index (χ3v) is 2.17. The molecule has 6 heteroatoms. The maximum Gasteiger partial charge on any atom is 0.181 e. The van der Waals surface area contributed by atoms with Gasteiger partial charge in [0.25, 0.3) is 0 Å². The summed E-state index contributed by atoms with van der Waals surface area (Å²) in [5, 5.41) is 10.4. The van der Waals surface area contributed by atoms with E-state index in [2.05, 4.69) is 10.3 Å². The quantitative estimate of drug-likeness (QED) is 0.626. The molecule has 0 aliphatic rings. The van der Waals surface area contributed by atoms with Crippen LogP contribution in [0, 0.1) is 11.2 Å². The number of nitrogens with one attached hydrogen (secondary N) is 2. The van der Waals surface area contributed by atoms with E-state index in [1.165, 1.54) is 30.9 Å². The number of rotatable bonds is 2. The van der Waals surface area contributed by atoms with E-state index in [1.54, 1.807) is 0 Å². The van der Waals surface area contributed by atoms with Crippen molar-refractivity contribution in [3.05, 3.63) is 47.4 Å². The van der Waals surface area contributed by atoms with Crippen LogP contribution >= 0.6 is 11.6 Å². The summed E-state index contributed by atoms with van der Waals surface area (Å²) in [7, 11) is 0. The van der Waals surface area contributed by atoms with Crippen molar-refractivity contribution < 1.29 is 8.81 Å². The summed E-state index contributed by atoms with van der Waals surface area (Å²) in [6.45, 7) is 0. The van der Waals surface area contributed by atoms with Crippen molar-refractivity contribution in [1.29, 1.82) is 5.41 Å². The summed E-state index contributed by atoms with van der Waals surface area (Å²) >= 11 is 5.60. The zero-order chi connectivity index (χ0) is 11.5. The Morgan fingerprint density at radius 1 is 1.50 bits per heavy atom. The SMILES string of the molecule is N=C(Nc1ccc(F)c(Cl)c1)c1cocn1. The lowest BCUT2D eigenvalue weighted by molar-refractivity contribution is 0.557. The van der Waals surface area contributed by atoms with Crippen LogP contribution in [0.3, 0.4) is 0 Å². The van der Waals surface area contributed by atoms with Gasteiger partial charge >= 0.3 is 0 Å². The molecule has 0 bridgehead atoms. The van der Waals surface area contributed by atoms with Gasteiger partial charge in [-0.2, -0.15) is 0 Å². The van der Waals surface area contributed by atoms with E-state index in [0.29, 0.717) is 11.4 Å². The van der Waals surface area contributed by atoms with Crippen molar-refractivity contribution >= 4 is 23.1 Å². The lowest BCUT2D eigenvalue weighted by Crippen LogP contribution is -2.12. The summed E-state index contributed by atoms with van der Waals surface area (Å²) < 4.78 is 17.6. The van der Waals surface area contributed by atoms with Crippen molar-refractivity contribution in [2.45, 2.75) is 0 Å². The highest BCUT2D eigenvalue weighted by molar-refractivity contribution is 6.31. The fraction of sp³-hybridized carbons (Fsp3) is 0. The number of halogens is 2. The zero-order valence-corrected chi connectivity index (χ0v) is 8.75. The van der Waals surface area contributed by atoms with Gasteiger partial charge in [0.2, 0.25) is 0 Å². The van der Waals surface area contributed by atoms with Crippen molar-refractivity contribution in [1.82, 2.24) is 4.98 Å². The Morgan fingerprint density at radius 2 is 2.31 bits per heavy atom. The molecule has 2 N–H and O–H groups in total. The zero-order valence-electron chi connectivity index (χ0n) is 8.00. The van der Waals surface area contributed by atoms with Crippen molar-refractivity contribution in [3.8, 4) is 0 Å². The standard InChI is InChI=1S/C10H7ClFN3O/c11-7-3-6(1-2-8(7)12)15-10(13)9-4-16-5-14-9/h1-5H,(H2,13,15). The Labute approximate surface area is 95.6 Å². The summed E-state index contributed by atoms with van der Waals surface area (Å²) in [6.07, 6.45) is 2.56.